The molecule has 0 aromatic carbocycles. The summed E-state index contributed by atoms with van der Waals surface area (Å²) in [6.07, 6.45) is 2.10. The Hall–Kier alpha value is -0.600. The van der Waals surface area contributed by atoms with Crippen molar-refractivity contribution in [3.63, 3.8) is 0 Å². The standard InChI is InChI=1S/C10H15NS/c1-7(2)6-9(11)10-8(3)4-5-12-10/h4-6,9H,11H2,1-3H3. The van der Waals surface area contributed by atoms with Crippen LogP contribution in [0.1, 0.15) is 30.3 Å². The fourth-order valence-corrected chi connectivity index (χ4v) is 2.06. The first kappa shape index (κ1) is 9.49. The van der Waals surface area contributed by atoms with Gasteiger partial charge >= 0.3 is 0 Å². The molecule has 0 saturated heterocycles. The predicted molar refractivity (Wildman–Crippen MR) is 55.4 cm³/mol. The quantitative estimate of drug-likeness (QED) is 0.697. The number of hydrogen-bond donors (Lipinski definition) is 1. The Bertz CT molecular complexity index is 282. The Balaban J connectivity index is 2.85. The fourth-order valence-electron chi connectivity index (χ4n) is 1.16. The van der Waals surface area contributed by atoms with E-state index in [1.807, 2.05) is 0 Å². The largest absolute Gasteiger partial charge is 0.320 e. The summed E-state index contributed by atoms with van der Waals surface area (Å²) < 4.78 is 0. The maximum absolute atomic E-state index is 5.98. The lowest BCUT2D eigenvalue weighted by molar-refractivity contribution is 0.913. The van der Waals surface area contributed by atoms with Crippen LogP contribution in [0, 0.1) is 6.92 Å². The summed E-state index contributed by atoms with van der Waals surface area (Å²) >= 11 is 1.73. The Kier molecular flexibility index (Phi) is 3.06. The van der Waals surface area contributed by atoms with E-state index in [0.717, 1.165) is 0 Å². The highest BCUT2D eigenvalue weighted by Crippen LogP contribution is 2.23. The molecule has 2 heteroatoms. The van der Waals surface area contributed by atoms with Gasteiger partial charge in [0.15, 0.2) is 0 Å². The molecule has 0 aliphatic heterocycles. The lowest BCUT2D eigenvalue weighted by atomic mass is 10.1. The zero-order valence-electron chi connectivity index (χ0n) is 7.79. The van der Waals surface area contributed by atoms with Crippen molar-refractivity contribution >= 4 is 11.3 Å². The lowest BCUT2D eigenvalue weighted by Gasteiger charge is -2.05. The van der Waals surface area contributed by atoms with Crippen molar-refractivity contribution in [2.24, 2.45) is 5.73 Å². The highest BCUT2D eigenvalue weighted by atomic mass is 32.1. The molecule has 0 aliphatic carbocycles. The van der Waals surface area contributed by atoms with Crippen LogP contribution in [0.25, 0.3) is 0 Å². The van der Waals surface area contributed by atoms with Crippen molar-refractivity contribution in [3.8, 4) is 0 Å². The van der Waals surface area contributed by atoms with Gasteiger partial charge in [-0.2, -0.15) is 0 Å². The fraction of sp³-hybridized carbons (Fsp3) is 0.400. The Labute approximate surface area is 77.9 Å². The predicted octanol–water partition coefficient (Wildman–Crippen LogP) is 3.02. The highest BCUT2D eigenvalue weighted by molar-refractivity contribution is 7.10. The number of thiophene rings is 1. The second-order valence-electron chi connectivity index (χ2n) is 3.24. The van der Waals surface area contributed by atoms with Gasteiger partial charge in [-0.3, -0.25) is 0 Å². The molecule has 0 bridgehead atoms. The van der Waals surface area contributed by atoms with Crippen molar-refractivity contribution in [3.05, 3.63) is 33.5 Å². The van der Waals surface area contributed by atoms with E-state index in [9.17, 15) is 0 Å². The van der Waals surface area contributed by atoms with Crippen LogP contribution >= 0.6 is 11.3 Å². The molecule has 1 rings (SSSR count). The maximum atomic E-state index is 5.98. The summed E-state index contributed by atoms with van der Waals surface area (Å²) in [5.74, 6) is 0. The van der Waals surface area contributed by atoms with Crippen LogP contribution in [0.15, 0.2) is 23.1 Å². The minimum absolute atomic E-state index is 0.0787. The van der Waals surface area contributed by atoms with Gasteiger partial charge in [-0.1, -0.05) is 11.6 Å². The third kappa shape index (κ3) is 2.19. The third-order valence-electron chi connectivity index (χ3n) is 1.72. The van der Waals surface area contributed by atoms with E-state index in [0.29, 0.717) is 0 Å². The zero-order valence-corrected chi connectivity index (χ0v) is 8.61. The molecular formula is C10H15NS. The second-order valence-corrected chi connectivity index (χ2v) is 4.19. The van der Waals surface area contributed by atoms with Crippen molar-refractivity contribution in [1.29, 1.82) is 0 Å². The van der Waals surface area contributed by atoms with Crippen LogP contribution < -0.4 is 5.73 Å². The number of rotatable bonds is 2. The van der Waals surface area contributed by atoms with Crippen LogP contribution in [0.3, 0.4) is 0 Å². The smallest absolute Gasteiger partial charge is 0.0580 e. The van der Waals surface area contributed by atoms with Crippen LogP contribution in [0.2, 0.25) is 0 Å². The van der Waals surface area contributed by atoms with Gasteiger partial charge < -0.3 is 5.73 Å². The Morgan fingerprint density at radius 2 is 2.25 bits per heavy atom. The Morgan fingerprint density at radius 1 is 1.58 bits per heavy atom. The molecule has 0 spiro atoms. The molecule has 12 heavy (non-hydrogen) atoms. The normalized spacial score (nSPS) is 12.7. The van der Waals surface area contributed by atoms with Gasteiger partial charge in [0.2, 0.25) is 0 Å². The van der Waals surface area contributed by atoms with Crippen LogP contribution in [0.4, 0.5) is 0 Å². The highest BCUT2D eigenvalue weighted by Gasteiger charge is 2.06. The van der Waals surface area contributed by atoms with Crippen LogP contribution in [0.5, 0.6) is 0 Å². The minimum Gasteiger partial charge on any atom is -0.320 e. The van der Waals surface area contributed by atoms with E-state index in [4.69, 9.17) is 5.73 Å². The van der Waals surface area contributed by atoms with E-state index in [-0.39, 0.29) is 6.04 Å². The van der Waals surface area contributed by atoms with Crippen LogP contribution in [-0.2, 0) is 0 Å². The van der Waals surface area contributed by atoms with Crippen LogP contribution in [-0.4, -0.2) is 0 Å². The first-order valence-electron chi connectivity index (χ1n) is 4.06. The lowest BCUT2D eigenvalue weighted by Crippen LogP contribution is -2.06. The molecule has 66 valence electrons. The molecule has 1 heterocycles. The van der Waals surface area contributed by atoms with Gasteiger partial charge in [-0.05, 0) is 37.8 Å². The van der Waals surface area contributed by atoms with Gasteiger partial charge in [0, 0.05) is 4.88 Å². The summed E-state index contributed by atoms with van der Waals surface area (Å²) in [4.78, 5) is 1.27. The monoisotopic (exact) mass is 181 g/mol. The summed E-state index contributed by atoms with van der Waals surface area (Å²) in [5.41, 5.74) is 8.54. The van der Waals surface area contributed by atoms with E-state index >= 15 is 0 Å². The molecule has 0 saturated carbocycles. The number of nitrogens with two attached hydrogens (primary N) is 1. The minimum atomic E-state index is 0.0787. The van der Waals surface area contributed by atoms with Crippen molar-refractivity contribution in [2.75, 3.05) is 0 Å². The van der Waals surface area contributed by atoms with Crippen molar-refractivity contribution < 1.29 is 0 Å². The van der Waals surface area contributed by atoms with E-state index in [1.165, 1.54) is 16.0 Å². The van der Waals surface area contributed by atoms with E-state index < -0.39 is 0 Å². The van der Waals surface area contributed by atoms with Gasteiger partial charge in [-0.15, -0.1) is 11.3 Å². The Morgan fingerprint density at radius 3 is 2.67 bits per heavy atom. The molecule has 0 fully saturated rings. The van der Waals surface area contributed by atoms with Gasteiger partial charge in [0.25, 0.3) is 0 Å². The van der Waals surface area contributed by atoms with Gasteiger partial charge in [-0.25, -0.2) is 0 Å². The summed E-state index contributed by atoms with van der Waals surface area (Å²) in [6.45, 7) is 6.25. The molecule has 0 radical (unpaired) electrons. The molecule has 1 unspecified atom stereocenters. The molecule has 1 nitrogen and oxygen atoms in total. The number of hydrogen-bond acceptors (Lipinski definition) is 2. The molecule has 0 aliphatic rings. The van der Waals surface area contributed by atoms with E-state index in [1.54, 1.807) is 11.3 Å². The maximum Gasteiger partial charge on any atom is 0.0580 e. The average molecular weight is 181 g/mol. The van der Waals surface area contributed by atoms with Crippen molar-refractivity contribution in [1.82, 2.24) is 0 Å². The summed E-state index contributed by atoms with van der Waals surface area (Å²) in [6, 6.07) is 2.19. The van der Waals surface area contributed by atoms with Gasteiger partial charge in [0.1, 0.15) is 0 Å². The third-order valence-corrected chi connectivity index (χ3v) is 2.84. The molecule has 1 aromatic heterocycles. The first-order valence-corrected chi connectivity index (χ1v) is 4.94. The first-order chi connectivity index (χ1) is 5.61. The molecular weight excluding hydrogens is 166 g/mol. The average Bonchev–Trinajstić information content (AvgIpc) is 2.33. The molecule has 1 aromatic rings. The summed E-state index contributed by atoms with van der Waals surface area (Å²) in [5, 5.41) is 2.09. The SMILES string of the molecule is CC(C)=CC(N)c1sccc1C. The molecule has 2 N–H and O–H groups in total. The van der Waals surface area contributed by atoms with Crippen molar-refractivity contribution in [2.45, 2.75) is 26.8 Å². The number of aryl methyl sites for hydroxylation is 1. The van der Waals surface area contributed by atoms with Gasteiger partial charge in [0.05, 0.1) is 6.04 Å². The molecule has 0 amide bonds. The molecule has 1 atom stereocenters. The zero-order chi connectivity index (χ0) is 9.14. The number of allylic oxidation sites excluding steroid dienone is 1. The topological polar surface area (TPSA) is 26.0 Å². The summed E-state index contributed by atoms with van der Waals surface area (Å²) in [7, 11) is 0. The van der Waals surface area contributed by atoms with E-state index in [2.05, 4.69) is 38.3 Å². The second kappa shape index (κ2) is 3.87.